The standard InChI is InChI=1S/C22H33N3O3/c1-16(2)28-17-13-19-18(21(14-17)25-10-6-5-7-11-25)15-20(23-19)22(26)27-12-8-9-24(3)4/h13-16,23H,5-12H2,1-4H3. The van der Waals surface area contributed by atoms with Crippen molar-refractivity contribution in [3.63, 3.8) is 0 Å². The molecule has 3 rings (SSSR count). The number of H-pyrrole nitrogens is 1. The fraction of sp³-hybridized carbons (Fsp3) is 0.591. The zero-order valence-corrected chi connectivity index (χ0v) is 17.6. The minimum atomic E-state index is -0.300. The van der Waals surface area contributed by atoms with Gasteiger partial charge in [0.25, 0.3) is 0 Å². The van der Waals surface area contributed by atoms with Crippen LogP contribution in [0.2, 0.25) is 0 Å². The maximum absolute atomic E-state index is 12.5. The largest absolute Gasteiger partial charge is 0.491 e. The van der Waals surface area contributed by atoms with Crippen molar-refractivity contribution in [1.29, 1.82) is 0 Å². The number of rotatable bonds is 8. The molecule has 0 bridgehead atoms. The van der Waals surface area contributed by atoms with Crippen molar-refractivity contribution in [3.8, 4) is 5.75 Å². The van der Waals surface area contributed by atoms with Crippen LogP contribution in [0, 0.1) is 0 Å². The third-order valence-electron chi connectivity index (χ3n) is 4.96. The monoisotopic (exact) mass is 387 g/mol. The Hall–Kier alpha value is -2.21. The van der Waals surface area contributed by atoms with Gasteiger partial charge in [-0.3, -0.25) is 0 Å². The number of ether oxygens (including phenoxy) is 2. The summed E-state index contributed by atoms with van der Waals surface area (Å²) in [5.74, 6) is 0.529. The molecule has 1 aliphatic heterocycles. The van der Waals surface area contributed by atoms with Crippen molar-refractivity contribution in [3.05, 3.63) is 23.9 Å². The topological polar surface area (TPSA) is 57.8 Å². The molecular formula is C22H33N3O3. The van der Waals surface area contributed by atoms with Gasteiger partial charge in [0.15, 0.2) is 0 Å². The van der Waals surface area contributed by atoms with E-state index in [0.29, 0.717) is 12.3 Å². The highest BCUT2D eigenvalue weighted by molar-refractivity contribution is 6.01. The second-order valence-electron chi connectivity index (χ2n) is 8.09. The lowest BCUT2D eigenvalue weighted by molar-refractivity contribution is 0.0487. The van der Waals surface area contributed by atoms with Gasteiger partial charge in [-0.1, -0.05) is 0 Å². The molecule has 28 heavy (non-hydrogen) atoms. The van der Waals surface area contributed by atoms with Gasteiger partial charge in [0.2, 0.25) is 0 Å². The summed E-state index contributed by atoms with van der Waals surface area (Å²) in [6, 6.07) is 6.01. The molecule has 0 radical (unpaired) electrons. The molecule has 0 atom stereocenters. The highest BCUT2D eigenvalue weighted by Crippen LogP contribution is 2.34. The van der Waals surface area contributed by atoms with Crippen molar-refractivity contribution in [2.24, 2.45) is 0 Å². The first kappa shape index (κ1) is 20.5. The van der Waals surface area contributed by atoms with E-state index >= 15 is 0 Å². The number of esters is 1. The van der Waals surface area contributed by atoms with Crippen molar-refractivity contribution < 1.29 is 14.3 Å². The lowest BCUT2D eigenvalue weighted by Crippen LogP contribution is -2.29. The molecule has 0 aliphatic carbocycles. The van der Waals surface area contributed by atoms with Crippen molar-refractivity contribution in [1.82, 2.24) is 9.88 Å². The molecule has 1 aliphatic rings. The van der Waals surface area contributed by atoms with Gasteiger partial charge in [0.05, 0.1) is 18.2 Å². The Kier molecular flexibility index (Phi) is 6.83. The normalized spacial score (nSPS) is 14.9. The zero-order valence-electron chi connectivity index (χ0n) is 17.6. The first-order chi connectivity index (χ1) is 13.4. The summed E-state index contributed by atoms with van der Waals surface area (Å²) in [5, 5.41) is 1.05. The number of carbonyl (C=O) groups excluding carboxylic acids is 1. The molecule has 6 heteroatoms. The third-order valence-corrected chi connectivity index (χ3v) is 4.96. The van der Waals surface area contributed by atoms with Crippen LogP contribution in [-0.2, 0) is 4.74 Å². The van der Waals surface area contributed by atoms with Crippen LogP contribution in [0.15, 0.2) is 18.2 Å². The van der Waals surface area contributed by atoms with Gasteiger partial charge in [-0.15, -0.1) is 0 Å². The second-order valence-corrected chi connectivity index (χ2v) is 8.09. The molecule has 1 saturated heterocycles. The Morgan fingerprint density at radius 2 is 1.93 bits per heavy atom. The number of hydrogen-bond donors (Lipinski definition) is 1. The Balaban J connectivity index is 1.84. The second kappa shape index (κ2) is 9.32. The molecule has 1 fully saturated rings. The number of nitrogens with one attached hydrogen (secondary N) is 1. The number of benzene rings is 1. The van der Waals surface area contributed by atoms with Gasteiger partial charge in [-0.2, -0.15) is 0 Å². The SMILES string of the molecule is CC(C)Oc1cc(N2CCCCC2)c2cc(C(=O)OCCCN(C)C)[nH]c2c1. The van der Waals surface area contributed by atoms with E-state index in [1.807, 2.05) is 40.1 Å². The molecule has 0 amide bonds. The summed E-state index contributed by atoms with van der Waals surface area (Å²) in [5.41, 5.74) is 2.55. The van der Waals surface area contributed by atoms with E-state index in [-0.39, 0.29) is 12.1 Å². The van der Waals surface area contributed by atoms with E-state index in [0.717, 1.165) is 48.4 Å². The molecule has 0 saturated carbocycles. The Morgan fingerprint density at radius 1 is 1.18 bits per heavy atom. The number of nitrogens with zero attached hydrogens (tertiary/aromatic N) is 2. The fourth-order valence-corrected chi connectivity index (χ4v) is 3.66. The molecule has 1 N–H and O–H groups in total. The average molecular weight is 388 g/mol. The lowest BCUT2D eigenvalue weighted by atomic mass is 10.1. The Bertz CT molecular complexity index is 792. The molecule has 6 nitrogen and oxygen atoms in total. The first-order valence-electron chi connectivity index (χ1n) is 10.3. The predicted octanol–water partition coefficient (Wildman–Crippen LogP) is 4.05. The van der Waals surface area contributed by atoms with E-state index < -0.39 is 0 Å². The molecular weight excluding hydrogens is 354 g/mol. The van der Waals surface area contributed by atoms with Crippen LogP contribution in [0.25, 0.3) is 10.9 Å². The minimum absolute atomic E-state index is 0.0998. The highest BCUT2D eigenvalue weighted by Gasteiger charge is 2.19. The molecule has 1 aromatic carbocycles. The number of aromatic amines is 1. The van der Waals surface area contributed by atoms with Crippen molar-refractivity contribution in [2.75, 3.05) is 45.2 Å². The van der Waals surface area contributed by atoms with Crippen LogP contribution in [-0.4, -0.2) is 62.3 Å². The third kappa shape index (κ3) is 5.19. The molecule has 0 spiro atoms. The highest BCUT2D eigenvalue weighted by atomic mass is 16.5. The molecule has 1 aromatic heterocycles. The summed E-state index contributed by atoms with van der Waals surface area (Å²) < 4.78 is 11.4. The molecule has 154 valence electrons. The minimum Gasteiger partial charge on any atom is -0.491 e. The van der Waals surface area contributed by atoms with Crippen LogP contribution >= 0.6 is 0 Å². The van der Waals surface area contributed by atoms with Crippen LogP contribution in [0.1, 0.15) is 50.0 Å². The van der Waals surface area contributed by atoms with E-state index in [9.17, 15) is 4.79 Å². The van der Waals surface area contributed by atoms with E-state index in [2.05, 4.69) is 20.9 Å². The van der Waals surface area contributed by atoms with E-state index in [1.165, 1.54) is 19.3 Å². The van der Waals surface area contributed by atoms with Gasteiger partial charge < -0.3 is 24.3 Å². The lowest BCUT2D eigenvalue weighted by Gasteiger charge is -2.30. The average Bonchev–Trinajstić information content (AvgIpc) is 3.08. The Labute approximate surface area is 167 Å². The maximum atomic E-state index is 12.5. The predicted molar refractivity (Wildman–Crippen MR) is 114 cm³/mol. The summed E-state index contributed by atoms with van der Waals surface area (Å²) in [4.78, 5) is 20.2. The van der Waals surface area contributed by atoms with Crippen molar-refractivity contribution in [2.45, 2.75) is 45.6 Å². The summed E-state index contributed by atoms with van der Waals surface area (Å²) in [6.07, 6.45) is 4.59. The number of carbonyl (C=O) groups is 1. The van der Waals surface area contributed by atoms with Gasteiger partial charge in [0, 0.05) is 42.8 Å². The van der Waals surface area contributed by atoms with Gasteiger partial charge in [0.1, 0.15) is 11.4 Å². The number of fused-ring (bicyclic) bond motifs is 1. The number of hydrogen-bond acceptors (Lipinski definition) is 5. The van der Waals surface area contributed by atoms with Crippen LogP contribution in [0.5, 0.6) is 5.75 Å². The number of aromatic nitrogens is 1. The van der Waals surface area contributed by atoms with Gasteiger partial charge in [-0.25, -0.2) is 4.79 Å². The number of piperidine rings is 1. The molecule has 2 aromatic rings. The zero-order chi connectivity index (χ0) is 20.1. The van der Waals surface area contributed by atoms with E-state index in [1.54, 1.807) is 0 Å². The van der Waals surface area contributed by atoms with E-state index in [4.69, 9.17) is 9.47 Å². The summed E-state index contributed by atoms with van der Waals surface area (Å²) >= 11 is 0. The molecule has 2 heterocycles. The first-order valence-corrected chi connectivity index (χ1v) is 10.3. The van der Waals surface area contributed by atoms with Gasteiger partial charge >= 0.3 is 5.97 Å². The van der Waals surface area contributed by atoms with Gasteiger partial charge in [-0.05, 0) is 59.7 Å². The van der Waals surface area contributed by atoms with Crippen LogP contribution < -0.4 is 9.64 Å². The van der Waals surface area contributed by atoms with Crippen LogP contribution in [0.3, 0.4) is 0 Å². The summed E-state index contributed by atoms with van der Waals surface area (Å²) in [7, 11) is 4.02. The fourth-order valence-electron chi connectivity index (χ4n) is 3.66. The molecule has 0 unspecified atom stereocenters. The van der Waals surface area contributed by atoms with Crippen LogP contribution in [0.4, 0.5) is 5.69 Å². The van der Waals surface area contributed by atoms with Crippen molar-refractivity contribution >= 4 is 22.6 Å². The summed E-state index contributed by atoms with van der Waals surface area (Å²) in [6.45, 7) is 7.44. The maximum Gasteiger partial charge on any atom is 0.354 e. The number of anilines is 1. The Morgan fingerprint density at radius 3 is 2.61 bits per heavy atom. The smallest absolute Gasteiger partial charge is 0.354 e. The quantitative estimate of drug-likeness (QED) is 0.547.